The molecule has 2 fully saturated rings. The van der Waals surface area contributed by atoms with E-state index in [1.807, 2.05) is 6.92 Å². The van der Waals surface area contributed by atoms with E-state index in [0.29, 0.717) is 19.6 Å². The second-order valence-electron chi connectivity index (χ2n) is 6.59. The van der Waals surface area contributed by atoms with Crippen molar-refractivity contribution in [2.75, 3.05) is 20.3 Å². The summed E-state index contributed by atoms with van der Waals surface area (Å²) in [5.41, 5.74) is 5.98. The molecule has 0 spiro atoms. The summed E-state index contributed by atoms with van der Waals surface area (Å²) in [6.45, 7) is 3.00. The Morgan fingerprint density at radius 3 is 2.45 bits per heavy atom. The average Bonchev–Trinajstić information content (AvgIpc) is 3.05. The minimum atomic E-state index is -0.658. The Kier molecular flexibility index (Phi) is 6.62. The van der Waals surface area contributed by atoms with E-state index >= 15 is 0 Å². The third-order valence-electron chi connectivity index (χ3n) is 5.04. The summed E-state index contributed by atoms with van der Waals surface area (Å²) in [5, 5.41) is 10.5. The molecule has 1 amide bonds. The highest BCUT2D eigenvalue weighted by molar-refractivity contribution is 5.81. The van der Waals surface area contributed by atoms with Crippen molar-refractivity contribution < 1.29 is 19.4 Å². The monoisotopic (exact) mass is 314 g/mol. The lowest BCUT2D eigenvalue weighted by atomic mass is 9.82. The number of hydrogen-bond donors (Lipinski definition) is 2. The number of ether oxygens (including phenoxy) is 2. The van der Waals surface area contributed by atoms with Crippen LogP contribution in [0.2, 0.25) is 0 Å². The minimum absolute atomic E-state index is 0.165. The fourth-order valence-corrected chi connectivity index (χ4v) is 3.41. The lowest BCUT2D eigenvalue weighted by molar-refractivity contribution is -0.139. The fourth-order valence-electron chi connectivity index (χ4n) is 3.41. The van der Waals surface area contributed by atoms with Gasteiger partial charge in [0.25, 0.3) is 0 Å². The zero-order chi connectivity index (χ0) is 16.1. The van der Waals surface area contributed by atoms with Gasteiger partial charge in [0.1, 0.15) is 0 Å². The van der Waals surface area contributed by atoms with E-state index < -0.39 is 12.1 Å². The van der Waals surface area contributed by atoms with Gasteiger partial charge in [0.2, 0.25) is 5.91 Å². The SMILES string of the molecule is CC(C(O)C1CCCCC1)N(C)C(=O)[C@@H](N)CC1OCCO1. The molecular formula is C16H30N2O4. The molecule has 0 aromatic rings. The maximum atomic E-state index is 12.4. The molecule has 1 saturated heterocycles. The summed E-state index contributed by atoms with van der Waals surface area (Å²) in [7, 11) is 1.72. The molecule has 0 aromatic heterocycles. The van der Waals surface area contributed by atoms with E-state index in [9.17, 15) is 9.90 Å². The third-order valence-corrected chi connectivity index (χ3v) is 5.04. The van der Waals surface area contributed by atoms with Crippen LogP contribution in [0.5, 0.6) is 0 Å². The summed E-state index contributed by atoms with van der Waals surface area (Å²) < 4.78 is 10.7. The molecule has 1 heterocycles. The van der Waals surface area contributed by atoms with Gasteiger partial charge in [-0.3, -0.25) is 4.79 Å². The summed E-state index contributed by atoms with van der Waals surface area (Å²) >= 11 is 0. The average molecular weight is 314 g/mol. The molecule has 22 heavy (non-hydrogen) atoms. The van der Waals surface area contributed by atoms with Gasteiger partial charge in [-0.25, -0.2) is 0 Å². The van der Waals surface area contributed by atoms with Crippen LogP contribution in [0.25, 0.3) is 0 Å². The number of carbonyl (C=O) groups is 1. The summed E-state index contributed by atoms with van der Waals surface area (Å²) in [6.07, 6.45) is 5.16. The van der Waals surface area contributed by atoms with Gasteiger partial charge in [0, 0.05) is 13.5 Å². The van der Waals surface area contributed by atoms with Gasteiger partial charge in [-0.05, 0) is 25.7 Å². The quantitative estimate of drug-likeness (QED) is 0.760. The van der Waals surface area contributed by atoms with Gasteiger partial charge in [0.05, 0.1) is 31.4 Å². The van der Waals surface area contributed by atoms with Crippen LogP contribution in [0, 0.1) is 5.92 Å². The number of likely N-dealkylation sites (N-methyl/N-ethyl adjacent to an activating group) is 1. The topological polar surface area (TPSA) is 85.0 Å². The Morgan fingerprint density at radius 2 is 1.86 bits per heavy atom. The highest BCUT2D eigenvalue weighted by atomic mass is 16.7. The predicted molar refractivity (Wildman–Crippen MR) is 83.1 cm³/mol. The van der Waals surface area contributed by atoms with Gasteiger partial charge in [-0.1, -0.05) is 19.3 Å². The first-order valence-electron chi connectivity index (χ1n) is 8.44. The van der Waals surface area contributed by atoms with Gasteiger partial charge >= 0.3 is 0 Å². The summed E-state index contributed by atoms with van der Waals surface area (Å²) in [6, 6.07) is -0.888. The van der Waals surface area contributed by atoms with E-state index in [0.717, 1.165) is 12.8 Å². The zero-order valence-electron chi connectivity index (χ0n) is 13.7. The minimum Gasteiger partial charge on any atom is -0.391 e. The fraction of sp³-hybridized carbons (Fsp3) is 0.938. The molecule has 3 atom stereocenters. The molecule has 2 aliphatic rings. The molecule has 6 nitrogen and oxygen atoms in total. The number of hydrogen-bond acceptors (Lipinski definition) is 5. The molecule has 2 rings (SSSR count). The van der Waals surface area contributed by atoms with Gasteiger partial charge < -0.3 is 25.2 Å². The molecule has 1 aliphatic heterocycles. The van der Waals surface area contributed by atoms with Gasteiger partial charge in [0.15, 0.2) is 6.29 Å². The smallest absolute Gasteiger partial charge is 0.239 e. The molecule has 0 radical (unpaired) electrons. The Hall–Kier alpha value is -0.690. The Balaban J connectivity index is 1.84. The number of nitrogens with two attached hydrogens (primary N) is 1. The van der Waals surface area contributed by atoms with E-state index in [2.05, 4.69) is 0 Å². The number of amides is 1. The van der Waals surface area contributed by atoms with E-state index in [1.165, 1.54) is 19.3 Å². The summed E-state index contributed by atoms with van der Waals surface area (Å²) in [5.74, 6) is 0.123. The highest BCUT2D eigenvalue weighted by Gasteiger charge is 2.33. The number of carbonyl (C=O) groups excluding carboxylic acids is 1. The van der Waals surface area contributed by atoms with E-state index in [1.54, 1.807) is 11.9 Å². The molecule has 1 saturated carbocycles. The van der Waals surface area contributed by atoms with Crippen molar-refractivity contribution >= 4 is 5.91 Å². The van der Waals surface area contributed by atoms with Crippen molar-refractivity contribution in [2.24, 2.45) is 11.7 Å². The van der Waals surface area contributed by atoms with Crippen LogP contribution in [-0.4, -0.2) is 60.7 Å². The lowest BCUT2D eigenvalue weighted by Crippen LogP contribution is -2.52. The van der Waals surface area contributed by atoms with Crippen LogP contribution in [0.4, 0.5) is 0 Å². The molecular weight excluding hydrogens is 284 g/mol. The Bertz CT molecular complexity index is 354. The second-order valence-corrected chi connectivity index (χ2v) is 6.59. The van der Waals surface area contributed by atoms with Crippen molar-refractivity contribution in [3.63, 3.8) is 0 Å². The predicted octanol–water partition coefficient (Wildman–Crippen LogP) is 0.865. The molecule has 0 bridgehead atoms. The lowest BCUT2D eigenvalue weighted by Gasteiger charge is -2.36. The Labute approximate surface area is 132 Å². The second kappa shape index (κ2) is 8.24. The number of aliphatic hydroxyl groups is 1. The number of rotatable bonds is 6. The molecule has 128 valence electrons. The maximum Gasteiger partial charge on any atom is 0.239 e. The third kappa shape index (κ3) is 4.41. The number of nitrogens with zero attached hydrogens (tertiary/aromatic N) is 1. The van der Waals surface area contributed by atoms with E-state index in [-0.39, 0.29) is 24.2 Å². The van der Waals surface area contributed by atoms with Crippen LogP contribution >= 0.6 is 0 Å². The molecule has 1 aliphatic carbocycles. The van der Waals surface area contributed by atoms with E-state index in [4.69, 9.17) is 15.2 Å². The highest BCUT2D eigenvalue weighted by Crippen LogP contribution is 2.29. The van der Waals surface area contributed by atoms with Crippen LogP contribution in [-0.2, 0) is 14.3 Å². The van der Waals surface area contributed by atoms with Crippen molar-refractivity contribution in [1.82, 2.24) is 4.90 Å². The standard InChI is InChI=1S/C16H30N2O4/c1-11(15(19)12-6-4-3-5-7-12)18(2)16(20)13(17)10-14-21-8-9-22-14/h11-15,19H,3-10,17H2,1-2H3/t11?,13-,15?/m0/s1. The first kappa shape index (κ1) is 17.7. The van der Waals surface area contributed by atoms with Crippen molar-refractivity contribution in [3.8, 4) is 0 Å². The van der Waals surface area contributed by atoms with Gasteiger partial charge in [-0.2, -0.15) is 0 Å². The van der Waals surface area contributed by atoms with Crippen LogP contribution < -0.4 is 5.73 Å². The maximum absolute atomic E-state index is 12.4. The molecule has 0 aromatic carbocycles. The number of aliphatic hydroxyl groups excluding tert-OH is 1. The Morgan fingerprint density at radius 1 is 1.27 bits per heavy atom. The van der Waals surface area contributed by atoms with Gasteiger partial charge in [-0.15, -0.1) is 0 Å². The van der Waals surface area contributed by atoms with Crippen LogP contribution in [0.15, 0.2) is 0 Å². The molecule has 6 heteroatoms. The van der Waals surface area contributed by atoms with Crippen molar-refractivity contribution in [3.05, 3.63) is 0 Å². The van der Waals surface area contributed by atoms with Crippen molar-refractivity contribution in [2.45, 2.75) is 69.9 Å². The normalized spacial score (nSPS) is 24.9. The first-order valence-corrected chi connectivity index (χ1v) is 8.44. The molecule has 2 unspecified atom stereocenters. The summed E-state index contributed by atoms with van der Waals surface area (Å²) in [4.78, 5) is 14.0. The van der Waals surface area contributed by atoms with Crippen LogP contribution in [0.1, 0.15) is 45.4 Å². The van der Waals surface area contributed by atoms with Crippen LogP contribution in [0.3, 0.4) is 0 Å². The largest absolute Gasteiger partial charge is 0.391 e. The zero-order valence-corrected chi connectivity index (χ0v) is 13.7. The first-order chi connectivity index (χ1) is 10.5. The van der Waals surface area contributed by atoms with Crippen molar-refractivity contribution in [1.29, 1.82) is 0 Å². The molecule has 3 N–H and O–H groups in total.